The SMILES string of the molecule is CCCCOCCOc1c(C)cccc1CNC(C)C. The molecule has 0 fully saturated rings. The van der Waals surface area contributed by atoms with Gasteiger partial charge in [0, 0.05) is 24.8 Å². The Balaban J connectivity index is 2.46. The highest BCUT2D eigenvalue weighted by Crippen LogP contribution is 2.23. The molecule has 0 aromatic heterocycles. The molecule has 1 rings (SSSR count). The van der Waals surface area contributed by atoms with E-state index in [9.17, 15) is 0 Å². The van der Waals surface area contributed by atoms with Crippen molar-refractivity contribution in [2.24, 2.45) is 0 Å². The average molecular weight is 279 g/mol. The van der Waals surface area contributed by atoms with Gasteiger partial charge in [0.15, 0.2) is 0 Å². The zero-order valence-electron chi connectivity index (χ0n) is 13.4. The summed E-state index contributed by atoms with van der Waals surface area (Å²) in [7, 11) is 0. The summed E-state index contributed by atoms with van der Waals surface area (Å²) in [6.45, 7) is 11.5. The van der Waals surface area contributed by atoms with E-state index >= 15 is 0 Å². The van der Waals surface area contributed by atoms with Gasteiger partial charge in [-0.2, -0.15) is 0 Å². The Labute approximate surface area is 123 Å². The lowest BCUT2D eigenvalue weighted by molar-refractivity contribution is 0.0974. The lowest BCUT2D eigenvalue weighted by atomic mass is 10.1. The molecule has 1 aromatic rings. The summed E-state index contributed by atoms with van der Waals surface area (Å²) >= 11 is 0. The summed E-state index contributed by atoms with van der Waals surface area (Å²) < 4.78 is 11.4. The minimum Gasteiger partial charge on any atom is -0.491 e. The van der Waals surface area contributed by atoms with E-state index in [2.05, 4.69) is 51.2 Å². The molecule has 114 valence electrons. The molecule has 3 nitrogen and oxygen atoms in total. The predicted molar refractivity (Wildman–Crippen MR) is 84.4 cm³/mol. The Kier molecular flexibility index (Phi) is 8.31. The predicted octanol–water partition coefficient (Wildman–Crippen LogP) is 3.69. The molecule has 1 aromatic carbocycles. The van der Waals surface area contributed by atoms with Gasteiger partial charge >= 0.3 is 0 Å². The largest absolute Gasteiger partial charge is 0.491 e. The summed E-state index contributed by atoms with van der Waals surface area (Å²) in [6, 6.07) is 6.76. The Hall–Kier alpha value is -1.06. The molecule has 0 aliphatic rings. The highest BCUT2D eigenvalue weighted by Gasteiger charge is 2.07. The number of hydrogen-bond donors (Lipinski definition) is 1. The van der Waals surface area contributed by atoms with Crippen LogP contribution in [0.2, 0.25) is 0 Å². The van der Waals surface area contributed by atoms with Crippen LogP contribution in [0.15, 0.2) is 18.2 Å². The van der Waals surface area contributed by atoms with Crippen LogP contribution in [-0.2, 0) is 11.3 Å². The van der Waals surface area contributed by atoms with Gasteiger partial charge in [-0.05, 0) is 18.9 Å². The second kappa shape index (κ2) is 9.78. The Bertz CT molecular complexity index is 377. The van der Waals surface area contributed by atoms with Crippen molar-refractivity contribution < 1.29 is 9.47 Å². The number of benzene rings is 1. The van der Waals surface area contributed by atoms with Crippen molar-refractivity contribution in [3.8, 4) is 5.75 Å². The third kappa shape index (κ3) is 6.40. The topological polar surface area (TPSA) is 30.5 Å². The van der Waals surface area contributed by atoms with Crippen molar-refractivity contribution in [1.29, 1.82) is 0 Å². The van der Waals surface area contributed by atoms with Crippen LogP contribution in [0, 0.1) is 6.92 Å². The lowest BCUT2D eigenvalue weighted by Crippen LogP contribution is -2.22. The first-order chi connectivity index (χ1) is 9.65. The van der Waals surface area contributed by atoms with Crippen LogP contribution in [0.1, 0.15) is 44.7 Å². The van der Waals surface area contributed by atoms with E-state index in [-0.39, 0.29) is 0 Å². The fourth-order valence-electron chi connectivity index (χ4n) is 1.92. The molecule has 0 amide bonds. The van der Waals surface area contributed by atoms with Gasteiger partial charge in [-0.25, -0.2) is 0 Å². The molecule has 0 atom stereocenters. The first-order valence-electron chi connectivity index (χ1n) is 7.67. The Morgan fingerprint density at radius 2 is 1.95 bits per heavy atom. The molecule has 0 aliphatic carbocycles. The van der Waals surface area contributed by atoms with Gasteiger partial charge in [-0.3, -0.25) is 0 Å². The minimum atomic E-state index is 0.473. The molecule has 0 radical (unpaired) electrons. The molecule has 0 spiro atoms. The monoisotopic (exact) mass is 279 g/mol. The molecule has 20 heavy (non-hydrogen) atoms. The van der Waals surface area contributed by atoms with Gasteiger partial charge < -0.3 is 14.8 Å². The quantitative estimate of drug-likeness (QED) is 0.663. The second-order valence-corrected chi connectivity index (χ2v) is 5.41. The van der Waals surface area contributed by atoms with Crippen molar-refractivity contribution in [1.82, 2.24) is 5.32 Å². The average Bonchev–Trinajstić information content (AvgIpc) is 2.42. The number of hydrogen-bond acceptors (Lipinski definition) is 3. The van der Waals surface area contributed by atoms with Crippen molar-refractivity contribution in [2.75, 3.05) is 19.8 Å². The zero-order valence-corrected chi connectivity index (χ0v) is 13.4. The fraction of sp³-hybridized carbons (Fsp3) is 0.647. The molecule has 3 heteroatoms. The fourth-order valence-corrected chi connectivity index (χ4v) is 1.92. The maximum absolute atomic E-state index is 5.92. The molecular weight excluding hydrogens is 250 g/mol. The van der Waals surface area contributed by atoms with E-state index < -0.39 is 0 Å². The Morgan fingerprint density at radius 3 is 2.65 bits per heavy atom. The number of unbranched alkanes of at least 4 members (excludes halogenated alkanes) is 1. The number of nitrogens with one attached hydrogen (secondary N) is 1. The lowest BCUT2D eigenvalue weighted by Gasteiger charge is -2.16. The van der Waals surface area contributed by atoms with Crippen LogP contribution in [0.3, 0.4) is 0 Å². The summed E-state index contributed by atoms with van der Waals surface area (Å²) in [5.74, 6) is 1.000. The van der Waals surface area contributed by atoms with Crippen molar-refractivity contribution in [3.05, 3.63) is 29.3 Å². The molecular formula is C17H29NO2. The first-order valence-corrected chi connectivity index (χ1v) is 7.67. The van der Waals surface area contributed by atoms with E-state index in [1.165, 1.54) is 17.5 Å². The van der Waals surface area contributed by atoms with Crippen LogP contribution in [0.4, 0.5) is 0 Å². The Morgan fingerprint density at radius 1 is 1.15 bits per heavy atom. The molecule has 0 unspecified atom stereocenters. The van der Waals surface area contributed by atoms with Crippen molar-refractivity contribution in [3.63, 3.8) is 0 Å². The molecule has 0 heterocycles. The third-order valence-corrected chi connectivity index (χ3v) is 3.11. The van der Waals surface area contributed by atoms with Gasteiger partial charge in [0.05, 0.1) is 6.61 Å². The van der Waals surface area contributed by atoms with E-state index in [4.69, 9.17) is 9.47 Å². The minimum absolute atomic E-state index is 0.473. The summed E-state index contributed by atoms with van der Waals surface area (Å²) in [6.07, 6.45) is 2.29. The summed E-state index contributed by atoms with van der Waals surface area (Å²) in [5, 5.41) is 3.44. The maximum Gasteiger partial charge on any atom is 0.126 e. The highest BCUT2D eigenvalue weighted by atomic mass is 16.5. The number of rotatable bonds is 10. The van der Waals surface area contributed by atoms with Gasteiger partial charge in [0.1, 0.15) is 12.4 Å². The van der Waals surface area contributed by atoms with Crippen molar-refractivity contribution in [2.45, 2.75) is 53.1 Å². The van der Waals surface area contributed by atoms with E-state index in [1.54, 1.807) is 0 Å². The van der Waals surface area contributed by atoms with Crippen LogP contribution in [-0.4, -0.2) is 25.9 Å². The van der Waals surface area contributed by atoms with Crippen molar-refractivity contribution >= 4 is 0 Å². The maximum atomic E-state index is 5.92. The highest BCUT2D eigenvalue weighted by molar-refractivity contribution is 5.40. The van der Waals surface area contributed by atoms with Gasteiger partial charge in [-0.1, -0.05) is 45.4 Å². The number of ether oxygens (including phenoxy) is 2. The van der Waals surface area contributed by atoms with Gasteiger partial charge in [0.2, 0.25) is 0 Å². The normalized spacial score (nSPS) is 11.1. The van der Waals surface area contributed by atoms with Crippen LogP contribution < -0.4 is 10.1 Å². The first kappa shape index (κ1) is 17.0. The van der Waals surface area contributed by atoms with E-state index in [1.807, 2.05) is 0 Å². The third-order valence-electron chi connectivity index (χ3n) is 3.11. The molecule has 0 bridgehead atoms. The molecule has 0 aliphatic heterocycles. The van der Waals surface area contributed by atoms with Gasteiger partial charge in [0.25, 0.3) is 0 Å². The van der Waals surface area contributed by atoms with Crippen LogP contribution >= 0.6 is 0 Å². The van der Waals surface area contributed by atoms with Crippen LogP contribution in [0.25, 0.3) is 0 Å². The summed E-state index contributed by atoms with van der Waals surface area (Å²) in [4.78, 5) is 0. The van der Waals surface area contributed by atoms with Crippen LogP contribution in [0.5, 0.6) is 5.75 Å². The van der Waals surface area contributed by atoms with E-state index in [0.29, 0.717) is 19.3 Å². The standard InChI is InChI=1S/C17H29NO2/c1-5-6-10-19-11-12-20-17-15(4)8-7-9-16(17)13-18-14(2)3/h7-9,14,18H,5-6,10-13H2,1-4H3. The second-order valence-electron chi connectivity index (χ2n) is 5.41. The molecule has 0 saturated carbocycles. The van der Waals surface area contributed by atoms with Gasteiger partial charge in [-0.15, -0.1) is 0 Å². The smallest absolute Gasteiger partial charge is 0.126 e. The van der Waals surface area contributed by atoms with E-state index in [0.717, 1.165) is 25.3 Å². The number of aryl methyl sites for hydroxylation is 1. The molecule has 1 N–H and O–H groups in total. The number of para-hydroxylation sites is 1. The molecule has 0 saturated heterocycles. The summed E-state index contributed by atoms with van der Waals surface area (Å²) in [5.41, 5.74) is 2.40. The zero-order chi connectivity index (χ0) is 14.8.